The first-order valence-electron chi connectivity index (χ1n) is 12.0. The van der Waals surface area contributed by atoms with E-state index < -0.39 is 0 Å². The van der Waals surface area contributed by atoms with Gasteiger partial charge in [0.25, 0.3) is 11.8 Å². The second-order valence-corrected chi connectivity index (χ2v) is 9.03. The lowest BCUT2D eigenvalue weighted by atomic mass is 10.0. The van der Waals surface area contributed by atoms with E-state index in [1.807, 2.05) is 6.07 Å². The number of pyridine rings is 2. The van der Waals surface area contributed by atoms with E-state index in [4.69, 9.17) is 0 Å². The number of aromatic nitrogens is 2. The van der Waals surface area contributed by atoms with Crippen molar-refractivity contribution in [3.63, 3.8) is 0 Å². The third-order valence-corrected chi connectivity index (χ3v) is 6.54. The summed E-state index contributed by atoms with van der Waals surface area (Å²) < 4.78 is 13.5. The van der Waals surface area contributed by atoms with Gasteiger partial charge in [-0.15, -0.1) is 0 Å². The second kappa shape index (κ2) is 11.3. The largest absolute Gasteiger partial charge is 0.394 e. The highest BCUT2D eigenvalue weighted by molar-refractivity contribution is 5.94. The number of likely N-dealkylation sites (N-methyl/N-ethyl adjacent to an activating group) is 1. The Kier molecular flexibility index (Phi) is 7.90. The molecule has 1 aliphatic heterocycles. The van der Waals surface area contributed by atoms with Crippen molar-refractivity contribution in [2.75, 3.05) is 31.6 Å². The van der Waals surface area contributed by atoms with E-state index in [2.05, 4.69) is 20.2 Å². The molecule has 1 unspecified atom stereocenters. The molecule has 0 radical (unpaired) electrons. The summed E-state index contributed by atoms with van der Waals surface area (Å²) in [5.41, 5.74) is 2.20. The number of hydrogen-bond donors (Lipinski definition) is 2. The summed E-state index contributed by atoms with van der Waals surface area (Å²) in [6.07, 6.45) is 4.60. The van der Waals surface area contributed by atoms with E-state index in [0.29, 0.717) is 22.4 Å². The van der Waals surface area contributed by atoms with Crippen molar-refractivity contribution in [3.8, 4) is 11.3 Å². The summed E-state index contributed by atoms with van der Waals surface area (Å²) in [6.45, 7) is 3.13. The number of benzene rings is 1. The van der Waals surface area contributed by atoms with Crippen molar-refractivity contribution in [1.82, 2.24) is 20.2 Å². The predicted molar refractivity (Wildman–Crippen MR) is 135 cm³/mol. The number of halogens is 1. The van der Waals surface area contributed by atoms with Crippen LogP contribution in [0, 0.1) is 5.82 Å². The number of anilines is 1. The van der Waals surface area contributed by atoms with E-state index in [-0.39, 0.29) is 36.3 Å². The first-order valence-corrected chi connectivity index (χ1v) is 12.0. The first-order chi connectivity index (χ1) is 17.4. The summed E-state index contributed by atoms with van der Waals surface area (Å²) in [5, 5.41) is 12.3. The lowest BCUT2D eigenvalue weighted by Crippen LogP contribution is -2.45. The van der Waals surface area contributed by atoms with Crippen molar-refractivity contribution in [2.24, 2.45) is 0 Å². The fraction of sp³-hybridized carbons (Fsp3) is 0.333. The van der Waals surface area contributed by atoms with Gasteiger partial charge >= 0.3 is 0 Å². The van der Waals surface area contributed by atoms with Gasteiger partial charge in [-0.25, -0.2) is 9.37 Å². The minimum absolute atomic E-state index is 0.0334. The van der Waals surface area contributed by atoms with Gasteiger partial charge in [-0.3, -0.25) is 14.6 Å². The normalized spacial score (nSPS) is 14.8. The maximum absolute atomic E-state index is 13.5. The molecule has 36 heavy (non-hydrogen) atoms. The summed E-state index contributed by atoms with van der Waals surface area (Å²) >= 11 is 0. The Morgan fingerprint density at radius 1 is 1.11 bits per heavy atom. The Bertz CT molecular complexity index is 1190. The Labute approximate surface area is 209 Å². The molecule has 0 bridgehead atoms. The molecule has 4 rings (SSSR count). The number of nitrogens with one attached hydrogen (secondary N) is 1. The monoisotopic (exact) mass is 491 g/mol. The van der Waals surface area contributed by atoms with Gasteiger partial charge in [0.1, 0.15) is 11.6 Å². The molecule has 1 atom stereocenters. The maximum atomic E-state index is 13.5. The fourth-order valence-corrected chi connectivity index (χ4v) is 4.09. The van der Waals surface area contributed by atoms with Gasteiger partial charge in [-0.05, 0) is 56.2 Å². The number of hydrogen-bond acceptors (Lipinski definition) is 6. The first kappa shape index (κ1) is 25.2. The molecule has 2 amide bonds. The fourth-order valence-electron chi connectivity index (χ4n) is 4.09. The Hall–Kier alpha value is -3.85. The zero-order chi connectivity index (χ0) is 25.7. The molecule has 1 aromatic carbocycles. The van der Waals surface area contributed by atoms with Gasteiger partial charge in [0.05, 0.1) is 29.5 Å². The van der Waals surface area contributed by atoms with Crippen LogP contribution in [0.1, 0.15) is 40.5 Å². The quantitative estimate of drug-likeness (QED) is 0.527. The van der Waals surface area contributed by atoms with E-state index in [0.717, 1.165) is 31.7 Å². The van der Waals surface area contributed by atoms with E-state index in [1.165, 1.54) is 23.2 Å². The Balaban J connectivity index is 1.29. The van der Waals surface area contributed by atoms with Crippen LogP contribution in [-0.4, -0.2) is 70.6 Å². The summed E-state index contributed by atoms with van der Waals surface area (Å²) in [5.74, 6) is 0.0816. The third-order valence-electron chi connectivity index (χ3n) is 6.54. The van der Waals surface area contributed by atoms with Gasteiger partial charge in [0.15, 0.2) is 0 Å². The molecule has 3 heterocycles. The Morgan fingerprint density at radius 3 is 2.44 bits per heavy atom. The van der Waals surface area contributed by atoms with Crippen LogP contribution in [0.5, 0.6) is 0 Å². The molecule has 2 aromatic heterocycles. The lowest BCUT2D eigenvalue weighted by Gasteiger charge is -2.33. The summed E-state index contributed by atoms with van der Waals surface area (Å²) in [4.78, 5) is 37.6. The molecule has 188 valence electrons. The molecular formula is C27H30FN5O3. The van der Waals surface area contributed by atoms with Crippen molar-refractivity contribution >= 4 is 17.6 Å². The van der Waals surface area contributed by atoms with Crippen LogP contribution in [0.3, 0.4) is 0 Å². The molecule has 1 aliphatic rings. The number of amides is 2. The van der Waals surface area contributed by atoms with Gasteiger partial charge in [0.2, 0.25) is 0 Å². The van der Waals surface area contributed by atoms with Gasteiger partial charge < -0.3 is 20.2 Å². The molecule has 0 saturated carbocycles. The minimum Gasteiger partial charge on any atom is -0.394 e. The van der Waals surface area contributed by atoms with Crippen LogP contribution < -0.4 is 10.2 Å². The van der Waals surface area contributed by atoms with Crippen LogP contribution in [0.2, 0.25) is 0 Å². The molecule has 1 fully saturated rings. The Morgan fingerprint density at radius 2 is 1.83 bits per heavy atom. The number of piperidine rings is 1. The van der Waals surface area contributed by atoms with Crippen molar-refractivity contribution in [3.05, 3.63) is 77.9 Å². The molecule has 2 N–H and O–H groups in total. The highest BCUT2D eigenvalue weighted by Gasteiger charge is 2.23. The molecule has 3 aromatic rings. The minimum atomic E-state index is -0.331. The standard InChI is InChI=1S/C27H30FN5O3/c1-18(17-34)32(2)27(36)21-7-9-25(30-16-21)33-12-10-23(11-13-33)31-26(35)20-6-8-24(29-15-20)19-4-3-5-22(28)14-19/h3-9,14-16,18,23,34H,10-13,17H2,1-2H3,(H,31,35). The number of aliphatic hydroxyl groups is 1. The van der Waals surface area contributed by atoms with Gasteiger partial charge in [0, 0.05) is 44.1 Å². The SMILES string of the molecule is CC(CO)N(C)C(=O)c1ccc(N2CCC(NC(=O)c3ccc(-c4cccc(F)c4)nc3)CC2)nc1. The zero-order valence-electron chi connectivity index (χ0n) is 20.4. The lowest BCUT2D eigenvalue weighted by molar-refractivity contribution is 0.0681. The van der Waals surface area contributed by atoms with Crippen LogP contribution in [0.25, 0.3) is 11.3 Å². The van der Waals surface area contributed by atoms with Crippen LogP contribution in [-0.2, 0) is 0 Å². The topological polar surface area (TPSA) is 98.7 Å². The zero-order valence-corrected chi connectivity index (χ0v) is 20.4. The number of carbonyl (C=O) groups is 2. The molecule has 8 nitrogen and oxygen atoms in total. The maximum Gasteiger partial charge on any atom is 0.255 e. The molecule has 0 aliphatic carbocycles. The van der Waals surface area contributed by atoms with Crippen LogP contribution in [0.15, 0.2) is 60.9 Å². The average molecular weight is 492 g/mol. The van der Waals surface area contributed by atoms with Crippen LogP contribution in [0.4, 0.5) is 10.2 Å². The smallest absolute Gasteiger partial charge is 0.255 e. The molecule has 1 saturated heterocycles. The summed E-state index contributed by atoms with van der Waals surface area (Å²) in [6, 6.07) is 12.9. The van der Waals surface area contributed by atoms with E-state index in [1.54, 1.807) is 50.5 Å². The van der Waals surface area contributed by atoms with Crippen molar-refractivity contribution in [1.29, 1.82) is 0 Å². The average Bonchev–Trinajstić information content (AvgIpc) is 2.92. The predicted octanol–water partition coefficient (Wildman–Crippen LogP) is 3.13. The summed E-state index contributed by atoms with van der Waals surface area (Å²) in [7, 11) is 1.66. The van der Waals surface area contributed by atoms with E-state index in [9.17, 15) is 19.1 Å². The molecule has 9 heteroatoms. The highest BCUT2D eigenvalue weighted by atomic mass is 19.1. The van der Waals surface area contributed by atoms with Gasteiger partial charge in [-0.2, -0.15) is 0 Å². The van der Waals surface area contributed by atoms with Crippen molar-refractivity contribution in [2.45, 2.75) is 31.8 Å². The number of aliphatic hydroxyl groups excluding tert-OH is 1. The number of rotatable bonds is 7. The van der Waals surface area contributed by atoms with E-state index >= 15 is 0 Å². The highest BCUT2D eigenvalue weighted by Crippen LogP contribution is 2.20. The number of nitrogens with zero attached hydrogens (tertiary/aromatic N) is 4. The van der Waals surface area contributed by atoms with Gasteiger partial charge in [-0.1, -0.05) is 12.1 Å². The second-order valence-electron chi connectivity index (χ2n) is 9.03. The molecular weight excluding hydrogens is 461 g/mol. The third kappa shape index (κ3) is 5.85. The molecule has 0 spiro atoms. The van der Waals surface area contributed by atoms with Crippen molar-refractivity contribution < 1.29 is 19.1 Å². The number of carbonyl (C=O) groups excluding carboxylic acids is 2. The van der Waals surface area contributed by atoms with Crippen LogP contribution >= 0.6 is 0 Å².